The van der Waals surface area contributed by atoms with E-state index in [1.807, 2.05) is 0 Å². The summed E-state index contributed by atoms with van der Waals surface area (Å²) in [5.41, 5.74) is -1.38. The van der Waals surface area contributed by atoms with E-state index in [-0.39, 0.29) is 0 Å². The van der Waals surface area contributed by atoms with E-state index in [2.05, 4.69) is 0 Å². The van der Waals surface area contributed by atoms with Gasteiger partial charge in [0.2, 0.25) is 0 Å². The van der Waals surface area contributed by atoms with Gasteiger partial charge in [0.05, 0.1) is 5.92 Å². The minimum absolute atomic E-state index is 0.391. The molecule has 3 nitrogen and oxygen atoms in total. The third-order valence-electron chi connectivity index (χ3n) is 2.83. The van der Waals surface area contributed by atoms with E-state index in [1.165, 1.54) is 12.2 Å². The van der Waals surface area contributed by atoms with E-state index in [4.69, 9.17) is 0 Å². The Labute approximate surface area is 99.1 Å². The Hall–Kier alpha value is -2.00. The molecule has 0 fully saturated rings. The minimum atomic E-state index is -1.77. The van der Waals surface area contributed by atoms with Crippen LogP contribution in [-0.4, -0.2) is 22.8 Å². The molecule has 0 aliphatic heterocycles. The first kappa shape index (κ1) is 11.5. The fourth-order valence-corrected chi connectivity index (χ4v) is 1.84. The molecule has 2 rings (SSSR count). The topological polar surface area (TPSA) is 54.4 Å². The SMILES string of the molecule is O=CC1C=CC=CC1(O)C(=O)c1ccccc1. The van der Waals surface area contributed by atoms with Gasteiger partial charge in [-0.1, -0.05) is 48.6 Å². The molecular formula is C14H12O3. The summed E-state index contributed by atoms with van der Waals surface area (Å²) in [7, 11) is 0. The third-order valence-corrected chi connectivity index (χ3v) is 2.83. The highest BCUT2D eigenvalue weighted by molar-refractivity contribution is 6.05. The lowest BCUT2D eigenvalue weighted by Crippen LogP contribution is -2.45. The Bertz CT molecular complexity index is 487. The molecule has 0 saturated heterocycles. The van der Waals surface area contributed by atoms with Crippen LogP contribution in [0.1, 0.15) is 10.4 Å². The van der Waals surface area contributed by atoms with Crippen LogP contribution in [0, 0.1) is 5.92 Å². The van der Waals surface area contributed by atoms with Crippen molar-refractivity contribution in [2.75, 3.05) is 0 Å². The van der Waals surface area contributed by atoms with E-state index in [9.17, 15) is 14.7 Å². The molecule has 1 aromatic carbocycles. The molecule has 0 spiro atoms. The quantitative estimate of drug-likeness (QED) is 0.630. The molecular weight excluding hydrogens is 216 g/mol. The maximum absolute atomic E-state index is 12.2. The van der Waals surface area contributed by atoms with Crippen LogP contribution < -0.4 is 0 Å². The second-order valence-corrected chi connectivity index (χ2v) is 3.93. The summed E-state index contributed by atoms with van der Waals surface area (Å²) in [6.45, 7) is 0. The first-order chi connectivity index (χ1) is 8.18. The second kappa shape index (κ2) is 4.47. The molecule has 2 atom stereocenters. The standard InChI is InChI=1S/C14H12O3/c15-10-12-8-4-5-9-14(12,17)13(16)11-6-2-1-3-7-11/h1-10,12,17H. The van der Waals surface area contributed by atoms with Gasteiger partial charge in [-0.25, -0.2) is 0 Å². The van der Waals surface area contributed by atoms with Crippen LogP contribution in [0.3, 0.4) is 0 Å². The summed E-state index contributed by atoms with van der Waals surface area (Å²) in [4.78, 5) is 23.1. The summed E-state index contributed by atoms with van der Waals surface area (Å²) >= 11 is 0. The zero-order valence-electron chi connectivity index (χ0n) is 9.11. The van der Waals surface area contributed by atoms with Gasteiger partial charge < -0.3 is 9.90 Å². The largest absolute Gasteiger partial charge is 0.376 e. The number of ketones is 1. The van der Waals surface area contributed by atoms with Crippen molar-refractivity contribution in [3.63, 3.8) is 0 Å². The van der Waals surface area contributed by atoms with Crippen molar-refractivity contribution in [1.82, 2.24) is 0 Å². The number of carbonyl (C=O) groups is 2. The van der Waals surface area contributed by atoms with E-state index >= 15 is 0 Å². The normalized spacial score (nSPS) is 26.8. The van der Waals surface area contributed by atoms with Crippen LogP contribution >= 0.6 is 0 Å². The number of allylic oxidation sites excluding steroid dienone is 2. The van der Waals surface area contributed by atoms with Crippen molar-refractivity contribution < 1.29 is 14.7 Å². The van der Waals surface area contributed by atoms with Crippen molar-refractivity contribution in [1.29, 1.82) is 0 Å². The number of benzene rings is 1. The van der Waals surface area contributed by atoms with Crippen molar-refractivity contribution >= 4 is 12.1 Å². The molecule has 3 heteroatoms. The van der Waals surface area contributed by atoms with Gasteiger partial charge >= 0.3 is 0 Å². The van der Waals surface area contributed by atoms with Crippen LogP contribution in [0.25, 0.3) is 0 Å². The molecule has 2 unspecified atom stereocenters. The summed E-state index contributed by atoms with van der Waals surface area (Å²) in [6, 6.07) is 8.46. The maximum Gasteiger partial charge on any atom is 0.199 e. The van der Waals surface area contributed by atoms with Gasteiger partial charge in [0.15, 0.2) is 11.4 Å². The molecule has 0 bridgehead atoms. The van der Waals surface area contributed by atoms with Gasteiger partial charge in [-0.15, -0.1) is 0 Å². The van der Waals surface area contributed by atoms with Gasteiger partial charge in [0.1, 0.15) is 6.29 Å². The summed E-state index contributed by atoms with van der Waals surface area (Å²) in [6.07, 6.45) is 6.68. The Morgan fingerprint density at radius 1 is 1.24 bits per heavy atom. The zero-order chi connectivity index (χ0) is 12.3. The number of hydrogen-bond acceptors (Lipinski definition) is 3. The predicted octanol–water partition coefficient (Wildman–Crippen LogP) is 1.54. The average Bonchev–Trinajstić information content (AvgIpc) is 2.39. The molecule has 0 aromatic heterocycles. The lowest BCUT2D eigenvalue weighted by molar-refractivity contribution is -0.113. The van der Waals surface area contributed by atoms with Crippen LogP contribution in [0.4, 0.5) is 0 Å². The van der Waals surface area contributed by atoms with Crippen LogP contribution in [0.5, 0.6) is 0 Å². The Kier molecular flexibility index (Phi) is 3.02. The highest BCUT2D eigenvalue weighted by atomic mass is 16.3. The van der Waals surface area contributed by atoms with Crippen molar-refractivity contribution in [3.05, 3.63) is 60.2 Å². The minimum Gasteiger partial charge on any atom is -0.376 e. The Balaban J connectivity index is 2.39. The number of carbonyl (C=O) groups excluding carboxylic acids is 2. The van der Waals surface area contributed by atoms with Crippen molar-refractivity contribution in [2.24, 2.45) is 5.92 Å². The second-order valence-electron chi connectivity index (χ2n) is 3.93. The molecule has 86 valence electrons. The van der Waals surface area contributed by atoms with Gasteiger partial charge in [0.25, 0.3) is 0 Å². The predicted molar refractivity (Wildman–Crippen MR) is 63.6 cm³/mol. The first-order valence-corrected chi connectivity index (χ1v) is 5.32. The van der Waals surface area contributed by atoms with E-state index < -0.39 is 17.3 Å². The fraction of sp³-hybridized carbons (Fsp3) is 0.143. The van der Waals surface area contributed by atoms with E-state index in [0.29, 0.717) is 11.8 Å². The van der Waals surface area contributed by atoms with Crippen LogP contribution in [0.15, 0.2) is 54.6 Å². The van der Waals surface area contributed by atoms with Crippen LogP contribution in [-0.2, 0) is 4.79 Å². The van der Waals surface area contributed by atoms with Gasteiger partial charge in [0, 0.05) is 5.56 Å². The van der Waals surface area contributed by atoms with Crippen molar-refractivity contribution in [2.45, 2.75) is 5.60 Å². The molecule has 1 aliphatic carbocycles. The average molecular weight is 228 g/mol. The highest BCUT2D eigenvalue weighted by Gasteiger charge is 2.41. The smallest absolute Gasteiger partial charge is 0.199 e. The Morgan fingerprint density at radius 3 is 2.59 bits per heavy atom. The molecule has 17 heavy (non-hydrogen) atoms. The number of Topliss-reactive ketones (excluding diaryl/α,β-unsaturated/α-hetero) is 1. The summed E-state index contributed by atoms with van der Waals surface area (Å²) in [5.74, 6) is -1.30. The Morgan fingerprint density at radius 2 is 1.94 bits per heavy atom. The molecule has 1 aromatic rings. The summed E-state index contributed by atoms with van der Waals surface area (Å²) in [5, 5.41) is 10.3. The number of hydrogen-bond donors (Lipinski definition) is 1. The lowest BCUT2D eigenvalue weighted by atomic mass is 9.79. The van der Waals surface area contributed by atoms with E-state index in [1.54, 1.807) is 42.5 Å². The number of aliphatic hydroxyl groups is 1. The zero-order valence-corrected chi connectivity index (χ0v) is 9.11. The van der Waals surface area contributed by atoms with Gasteiger partial charge in [-0.2, -0.15) is 0 Å². The molecule has 1 N–H and O–H groups in total. The number of rotatable bonds is 3. The molecule has 1 aliphatic rings. The molecule has 0 radical (unpaired) electrons. The molecule has 0 amide bonds. The molecule has 0 heterocycles. The maximum atomic E-state index is 12.2. The first-order valence-electron chi connectivity index (χ1n) is 5.32. The van der Waals surface area contributed by atoms with Crippen molar-refractivity contribution in [3.8, 4) is 0 Å². The fourth-order valence-electron chi connectivity index (χ4n) is 1.84. The lowest BCUT2D eigenvalue weighted by Gasteiger charge is -2.28. The number of aldehydes is 1. The highest BCUT2D eigenvalue weighted by Crippen LogP contribution is 2.27. The van der Waals surface area contributed by atoms with Crippen LogP contribution in [0.2, 0.25) is 0 Å². The summed E-state index contributed by atoms with van der Waals surface area (Å²) < 4.78 is 0. The van der Waals surface area contributed by atoms with Gasteiger partial charge in [-0.05, 0) is 6.08 Å². The van der Waals surface area contributed by atoms with Gasteiger partial charge in [-0.3, -0.25) is 4.79 Å². The third kappa shape index (κ3) is 1.97. The monoisotopic (exact) mass is 228 g/mol. The van der Waals surface area contributed by atoms with E-state index in [0.717, 1.165) is 0 Å². The molecule has 0 saturated carbocycles.